The number of methoxy groups -OCH3 is 1. The first-order valence-corrected chi connectivity index (χ1v) is 9.08. The molecule has 1 unspecified atom stereocenters. The number of hydrogen-bond donors (Lipinski definition) is 3. The Labute approximate surface area is 161 Å². The Bertz CT molecular complexity index is 746. The summed E-state index contributed by atoms with van der Waals surface area (Å²) in [5.41, 5.74) is 3.73. The summed E-state index contributed by atoms with van der Waals surface area (Å²) < 4.78 is 18.8. The Balaban J connectivity index is 1.86. The second-order valence-corrected chi connectivity index (χ2v) is 6.42. The zero-order valence-corrected chi connectivity index (χ0v) is 16.5. The van der Waals surface area contributed by atoms with Crippen molar-refractivity contribution in [3.8, 4) is 0 Å². The number of aliphatic imine (C=N–C) groups is 1. The second kappa shape index (κ2) is 10.5. The van der Waals surface area contributed by atoms with Gasteiger partial charge in [-0.15, -0.1) is 0 Å². The highest BCUT2D eigenvalue weighted by Gasteiger charge is 2.09. The second-order valence-electron chi connectivity index (χ2n) is 6.42. The van der Waals surface area contributed by atoms with Crippen LogP contribution in [0.4, 0.5) is 10.1 Å². The zero-order valence-electron chi connectivity index (χ0n) is 16.5. The van der Waals surface area contributed by atoms with Crippen LogP contribution in [0.5, 0.6) is 0 Å². The Morgan fingerprint density at radius 2 is 1.93 bits per heavy atom. The quantitative estimate of drug-likeness (QED) is 0.376. The van der Waals surface area contributed by atoms with Crippen LogP contribution in [-0.2, 0) is 11.3 Å². The molecule has 0 amide bonds. The average molecular weight is 372 g/mol. The molecule has 3 N–H and O–H groups in total. The van der Waals surface area contributed by atoms with Crippen molar-refractivity contribution < 1.29 is 9.13 Å². The van der Waals surface area contributed by atoms with Crippen LogP contribution in [0.2, 0.25) is 0 Å². The number of guanidine groups is 1. The lowest BCUT2D eigenvalue weighted by atomic mass is 10.1. The Kier molecular flexibility index (Phi) is 8.07. The molecule has 0 radical (unpaired) electrons. The number of nitrogens with one attached hydrogen (secondary N) is 3. The van der Waals surface area contributed by atoms with Crippen LogP contribution in [0.1, 0.15) is 29.7 Å². The van der Waals surface area contributed by atoms with E-state index < -0.39 is 0 Å². The van der Waals surface area contributed by atoms with Gasteiger partial charge in [-0.3, -0.25) is 4.99 Å². The van der Waals surface area contributed by atoms with Crippen LogP contribution in [0.3, 0.4) is 0 Å². The number of hydrogen-bond acceptors (Lipinski definition) is 3. The molecule has 2 aromatic rings. The van der Waals surface area contributed by atoms with E-state index in [4.69, 9.17) is 4.74 Å². The normalized spacial score (nSPS) is 12.6. The van der Waals surface area contributed by atoms with Crippen LogP contribution < -0.4 is 16.0 Å². The van der Waals surface area contributed by atoms with Crippen molar-refractivity contribution in [3.63, 3.8) is 0 Å². The molecule has 146 valence electrons. The van der Waals surface area contributed by atoms with E-state index in [1.807, 2.05) is 25.1 Å². The summed E-state index contributed by atoms with van der Waals surface area (Å²) in [6.07, 6.45) is 0. The molecular formula is C21H29FN4O. The lowest BCUT2D eigenvalue weighted by molar-refractivity contribution is 0.211. The summed E-state index contributed by atoms with van der Waals surface area (Å²) in [6, 6.07) is 13.4. The predicted molar refractivity (Wildman–Crippen MR) is 110 cm³/mol. The highest BCUT2D eigenvalue weighted by Crippen LogP contribution is 2.16. The maximum atomic E-state index is 13.8. The highest BCUT2D eigenvalue weighted by atomic mass is 19.1. The molecule has 0 aromatic heterocycles. The molecule has 1 atom stereocenters. The third-order valence-corrected chi connectivity index (χ3v) is 4.32. The van der Waals surface area contributed by atoms with Crippen LogP contribution in [0.25, 0.3) is 0 Å². The summed E-state index contributed by atoms with van der Waals surface area (Å²) >= 11 is 0. The van der Waals surface area contributed by atoms with Crippen molar-refractivity contribution in [3.05, 3.63) is 65.0 Å². The first-order chi connectivity index (χ1) is 13.0. The lowest BCUT2D eigenvalue weighted by Crippen LogP contribution is -2.38. The van der Waals surface area contributed by atoms with Gasteiger partial charge in [-0.2, -0.15) is 0 Å². The molecule has 0 saturated heterocycles. The van der Waals surface area contributed by atoms with Crippen LogP contribution in [0.15, 0.2) is 47.5 Å². The lowest BCUT2D eigenvalue weighted by Gasteiger charge is -2.19. The van der Waals surface area contributed by atoms with E-state index in [-0.39, 0.29) is 11.9 Å². The first-order valence-electron chi connectivity index (χ1n) is 9.08. The van der Waals surface area contributed by atoms with E-state index in [0.717, 1.165) is 23.4 Å². The van der Waals surface area contributed by atoms with Crippen molar-refractivity contribution in [2.24, 2.45) is 4.99 Å². The minimum absolute atomic E-state index is 0.0568. The number of aryl methyl sites for hydroxylation is 1. The average Bonchev–Trinajstić information content (AvgIpc) is 2.68. The van der Waals surface area contributed by atoms with Gasteiger partial charge in [0.25, 0.3) is 0 Å². The Morgan fingerprint density at radius 1 is 1.19 bits per heavy atom. The van der Waals surface area contributed by atoms with Crippen LogP contribution >= 0.6 is 0 Å². The van der Waals surface area contributed by atoms with E-state index in [2.05, 4.69) is 33.1 Å². The molecule has 27 heavy (non-hydrogen) atoms. The number of anilines is 1. The summed E-state index contributed by atoms with van der Waals surface area (Å²) in [7, 11) is 3.41. The third-order valence-electron chi connectivity index (χ3n) is 4.32. The molecule has 0 saturated carbocycles. The number of ether oxygens (including phenoxy) is 1. The van der Waals surface area contributed by atoms with E-state index in [1.165, 1.54) is 0 Å². The molecule has 0 spiro atoms. The summed E-state index contributed by atoms with van der Waals surface area (Å²) in [5, 5.41) is 9.87. The van der Waals surface area contributed by atoms with Crippen molar-refractivity contribution in [2.45, 2.75) is 26.4 Å². The molecule has 0 heterocycles. The number of benzene rings is 2. The summed E-state index contributed by atoms with van der Waals surface area (Å²) in [4.78, 5) is 4.25. The summed E-state index contributed by atoms with van der Waals surface area (Å²) in [6.45, 7) is 5.84. The minimum Gasteiger partial charge on any atom is -0.383 e. The number of nitrogens with zero attached hydrogens (tertiary/aromatic N) is 1. The fourth-order valence-corrected chi connectivity index (χ4v) is 2.59. The van der Waals surface area contributed by atoms with E-state index in [0.29, 0.717) is 24.7 Å². The van der Waals surface area contributed by atoms with Gasteiger partial charge in [0.05, 0.1) is 12.6 Å². The predicted octanol–water partition coefficient (Wildman–Crippen LogP) is 3.62. The van der Waals surface area contributed by atoms with E-state index >= 15 is 0 Å². The molecule has 6 heteroatoms. The SMILES string of the molecule is CN=C(NCc1ccc(NCCOC)cc1)NC(C)c1ccc(C)c(F)c1. The fraction of sp³-hybridized carbons (Fsp3) is 0.381. The highest BCUT2D eigenvalue weighted by molar-refractivity contribution is 5.80. The third kappa shape index (κ3) is 6.57. The van der Waals surface area contributed by atoms with Crippen LogP contribution in [0, 0.1) is 12.7 Å². The van der Waals surface area contributed by atoms with Gasteiger partial charge in [0.1, 0.15) is 5.82 Å². The zero-order chi connectivity index (χ0) is 19.6. The van der Waals surface area contributed by atoms with E-state index in [1.54, 1.807) is 33.2 Å². The maximum Gasteiger partial charge on any atom is 0.191 e. The first kappa shape index (κ1) is 20.7. The van der Waals surface area contributed by atoms with Gasteiger partial charge < -0.3 is 20.7 Å². The molecule has 2 aromatic carbocycles. The van der Waals surface area contributed by atoms with Crippen LogP contribution in [-0.4, -0.2) is 33.3 Å². The molecule has 5 nitrogen and oxygen atoms in total. The van der Waals surface area contributed by atoms with Gasteiger partial charge in [0.15, 0.2) is 5.96 Å². The molecule has 0 aliphatic carbocycles. The van der Waals surface area contributed by atoms with Gasteiger partial charge in [-0.1, -0.05) is 24.3 Å². The smallest absolute Gasteiger partial charge is 0.191 e. The molecule has 0 aliphatic rings. The van der Waals surface area contributed by atoms with Gasteiger partial charge in [0, 0.05) is 32.9 Å². The number of rotatable bonds is 8. The standard InChI is InChI=1S/C21H29FN4O/c1-15-5-8-18(13-20(15)22)16(2)26-21(23-3)25-14-17-6-9-19(10-7-17)24-11-12-27-4/h5-10,13,16,24H,11-12,14H2,1-4H3,(H2,23,25,26). The molecular weight excluding hydrogens is 343 g/mol. The fourth-order valence-electron chi connectivity index (χ4n) is 2.59. The molecule has 2 rings (SSSR count). The minimum atomic E-state index is -0.191. The Hall–Kier alpha value is -2.60. The topological polar surface area (TPSA) is 57.7 Å². The maximum absolute atomic E-state index is 13.8. The van der Waals surface area contributed by atoms with Gasteiger partial charge in [0.2, 0.25) is 0 Å². The van der Waals surface area contributed by atoms with Crippen molar-refractivity contribution in [1.29, 1.82) is 0 Å². The van der Waals surface area contributed by atoms with Crippen molar-refractivity contribution in [1.82, 2.24) is 10.6 Å². The van der Waals surface area contributed by atoms with Crippen molar-refractivity contribution in [2.75, 3.05) is 32.6 Å². The monoisotopic (exact) mass is 372 g/mol. The van der Waals surface area contributed by atoms with Gasteiger partial charge in [-0.25, -0.2) is 4.39 Å². The molecule has 0 bridgehead atoms. The molecule has 0 aliphatic heterocycles. The summed E-state index contributed by atoms with van der Waals surface area (Å²) in [5.74, 6) is 0.481. The Morgan fingerprint density at radius 3 is 2.56 bits per heavy atom. The largest absolute Gasteiger partial charge is 0.383 e. The van der Waals surface area contributed by atoms with Gasteiger partial charge in [-0.05, 0) is 48.7 Å². The van der Waals surface area contributed by atoms with Crippen molar-refractivity contribution >= 4 is 11.6 Å². The number of halogens is 1. The van der Waals surface area contributed by atoms with Gasteiger partial charge >= 0.3 is 0 Å². The van der Waals surface area contributed by atoms with E-state index in [9.17, 15) is 4.39 Å². The molecule has 0 fully saturated rings.